The van der Waals surface area contributed by atoms with Crippen LogP contribution in [0.25, 0.3) is 0 Å². The third kappa shape index (κ3) is 2.59. The van der Waals surface area contributed by atoms with Crippen molar-refractivity contribution in [1.82, 2.24) is 15.8 Å². The van der Waals surface area contributed by atoms with Gasteiger partial charge in [-0.3, -0.25) is 10.7 Å². The first kappa shape index (κ1) is 12.9. The summed E-state index contributed by atoms with van der Waals surface area (Å²) < 4.78 is 0. The van der Waals surface area contributed by atoms with E-state index < -0.39 is 0 Å². The lowest BCUT2D eigenvalue weighted by Crippen LogP contribution is -2.59. The number of nitrogens with one attached hydrogen (secondary N) is 2. The number of rotatable bonds is 1. The quantitative estimate of drug-likeness (QED) is 0.750. The van der Waals surface area contributed by atoms with Crippen LogP contribution in [0.15, 0.2) is 0 Å². The van der Waals surface area contributed by atoms with Crippen molar-refractivity contribution in [3.63, 3.8) is 0 Å². The number of fused-ring (bicyclic) bond motifs is 1. The Bertz CT molecular complexity index is 275. The van der Waals surface area contributed by atoms with E-state index in [2.05, 4.69) is 22.7 Å². The van der Waals surface area contributed by atoms with Crippen molar-refractivity contribution < 1.29 is 0 Å². The number of hydrazine groups is 1. The van der Waals surface area contributed by atoms with Gasteiger partial charge in [0.15, 0.2) is 0 Å². The summed E-state index contributed by atoms with van der Waals surface area (Å²) in [5.74, 6) is 0.898. The van der Waals surface area contributed by atoms with Gasteiger partial charge < -0.3 is 0 Å². The van der Waals surface area contributed by atoms with Crippen molar-refractivity contribution in [1.29, 1.82) is 0 Å². The molecule has 1 aliphatic carbocycles. The molecule has 3 rings (SSSR count). The zero-order valence-corrected chi connectivity index (χ0v) is 11.9. The Morgan fingerprint density at radius 1 is 1.00 bits per heavy atom. The monoisotopic (exact) mass is 251 g/mol. The highest BCUT2D eigenvalue weighted by Crippen LogP contribution is 2.36. The Balaban J connectivity index is 1.70. The summed E-state index contributed by atoms with van der Waals surface area (Å²) in [4.78, 5) is 0. The first-order valence-electron chi connectivity index (χ1n) is 8.06. The minimum Gasteiger partial charge on any atom is -0.295 e. The standard InChI is InChI=1S/C15H29N3/c1-15(13-7-3-2-4-8-13)10-11-16-18-12-6-5-9-14(18)17-15/h13-14,16-17H,2-12H2,1H3. The number of hydrogen-bond acceptors (Lipinski definition) is 3. The molecular formula is C15H29N3. The SMILES string of the molecule is CC1(C2CCCCC2)CCNN2CCCCC2N1. The summed E-state index contributed by atoms with van der Waals surface area (Å²) in [5.41, 5.74) is 4.01. The van der Waals surface area contributed by atoms with Crippen molar-refractivity contribution in [2.75, 3.05) is 13.1 Å². The van der Waals surface area contributed by atoms with E-state index in [1.54, 1.807) is 0 Å². The van der Waals surface area contributed by atoms with Gasteiger partial charge in [0.1, 0.15) is 0 Å². The van der Waals surface area contributed by atoms with Gasteiger partial charge in [0.05, 0.1) is 6.17 Å². The third-order valence-corrected chi connectivity index (χ3v) is 5.46. The molecule has 0 bridgehead atoms. The maximum Gasteiger partial charge on any atom is 0.0737 e. The minimum absolute atomic E-state index is 0.365. The minimum atomic E-state index is 0.365. The highest BCUT2D eigenvalue weighted by atomic mass is 15.6. The van der Waals surface area contributed by atoms with E-state index in [4.69, 9.17) is 0 Å². The number of hydrogen-bond donors (Lipinski definition) is 2. The van der Waals surface area contributed by atoms with Crippen molar-refractivity contribution in [2.24, 2.45) is 5.92 Å². The lowest BCUT2D eigenvalue weighted by atomic mass is 9.74. The fraction of sp³-hybridized carbons (Fsp3) is 1.00. The van der Waals surface area contributed by atoms with E-state index in [9.17, 15) is 0 Å². The Hall–Kier alpha value is -0.120. The Morgan fingerprint density at radius 3 is 2.61 bits per heavy atom. The van der Waals surface area contributed by atoms with E-state index in [1.165, 1.54) is 64.3 Å². The molecule has 3 fully saturated rings. The zero-order valence-electron chi connectivity index (χ0n) is 11.9. The molecule has 3 heteroatoms. The smallest absolute Gasteiger partial charge is 0.0737 e. The van der Waals surface area contributed by atoms with Crippen LogP contribution in [0.3, 0.4) is 0 Å². The molecule has 0 aromatic rings. The van der Waals surface area contributed by atoms with Gasteiger partial charge in [-0.15, -0.1) is 0 Å². The molecule has 104 valence electrons. The van der Waals surface area contributed by atoms with Crippen LogP contribution in [-0.4, -0.2) is 29.8 Å². The second-order valence-electron chi connectivity index (χ2n) is 6.76. The Labute approximate surface area is 112 Å². The van der Waals surface area contributed by atoms with E-state index >= 15 is 0 Å². The van der Waals surface area contributed by atoms with Crippen LogP contribution >= 0.6 is 0 Å². The maximum absolute atomic E-state index is 4.03. The van der Waals surface area contributed by atoms with E-state index in [-0.39, 0.29) is 0 Å². The topological polar surface area (TPSA) is 27.3 Å². The van der Waals surface area contributed by atoms with Crippen LogP contribution in [-0.2, 0) is 0 Å². The van der Waals surface area contributed by atoms with E-state index in [1.807, 2.05) is 0 Å². The molecule has 2 heterocycles. The summed E-state index contributed by atoms with van der Waals surface area (Å²) >= 11 is 0. The first-order valence-corrected chi connectivity index (χ1v) is 8.06. The molecule has 0 aromatic heterocycles. The molecule has 2 atom stereocenters. The summed E-state index contributed by atoms with van der Waals surface area (Å²) in [6.07, 6.45) is 13.1. The fourth-order valence-corrected chi connectivity index (χ4v) is 4.24. The van der Waals surface area contributed by atoms with Gasteiger partial charge in [-0.25, -0.2) is 5.01 Å². The van der Waals surface area contributed by atoms with Crippen LogP contribution in [0.1, 0.15) is 64.7 Å². The molecule has 2 saturated heterocycles. The molecule has 3 aliphatic rings. The second kappa shape index (κ2) is 5.48. The lowest BCUT2D eigenvalue weighted by molar-refractivity contribution is 0.0542. The van der Waals surface area contributed by atoms with Crippen LogP contribution in [0.2, 0.25) is 0 Å². The Morgan fingerprint density at radius 2 is 1.78 bits per heavy atom. The number of piperidine rings is 1. The summed E-state index contributed by atoms with van der Waals surface area (Å²) in [6, 6.07) is 0. The average molecular weight is 251 g/mol. The maximum atomic E-state index is 4.03. The van der Waals surface area contributed by atoms with Crippen LogP contribution in [0.4, 0.5) is 0 Å². The number of nitrogens with zero attached hydrogens (tertiary/aromatic N) is 1. The third-order valence-electron chi connectivity index (χ3n) is 5.46. The summed E-state index contributed by atoms with van der Waals surface area (Å²) in [7, 11) is 0. The fourth-order valence-electron chi connectivity index (χ4n) is 4.24. The van der Waals surface area contributed by atoms with Gasteiger partial charge in [-0.2, -0.15) is 0 Å². The van der Waals surface area contributed by atoms with E-state index in [0.717, 1.165) is 12.5 Å². The molecule has 18 heavy (non-hydrogen) atoms. The first-order chi connectivity index (χ1) is 8.78. The molecular weight excluding hydrogens is 222 g/mol. The summed E-state index contributed by atoms with van der Waals surface area (Å²) in [6.45, 7) is 4.86. The lowest BCUT2D eigenvalue weighted by Gasteiger charge is -2.44. The molecule has 2 N–H and O–H groups in total. The van der Waals surface area contributed by atoms with Gasteiger partial charge in [0.25, 0.3) is 0 Å². The summed E-state index contributed by atoms with van der Waals surface area (Å²) in [5, 5.41) is 6.50. The van der Waals surface area contributed by atoms with Gasteiger partial charge >= 0.3 is 0 Å². The molecule has 3 nitrogen and oxygen atoms in total. The molecule has 1 saturated carbocycles. The predicted molar refractivity (Wildman–Crippen MR) is 75.1 cm³/mol. The van der Waals surface area contributed by atoms with Crippen molar-refractivity contribution in [3.05, 3.63) is 0 Å². The highest BCUT2D eigenvalue weighted by molar-refractivity contribution is 4.96. The molecule has 0 spiro atoms. The molecule has 0 aromatic carbocycles. The van der Waals surface area contributed by atoms with Crippen molar-refractivity contribution in [3.8, 4) is 0 Å². The van der Waals surface area contributed by atoms with Gasteiger partial charge in [0, 0.05) is 18.6 Å². The van der Waals surface area contributed by atoms with Crippen molar-refractivity contribution >= 4 is 0 Å². The van der Waals surface area contributed by atoms with E-state index in [0.29, 0.717) is 11.7 Å². The molecule has 2 unspecified atom stereocenters. The Kier molecular flexibility index (Phi) is 3.92. The van der Waals surface area contributed by atoms with Gasteiger partial charge in [-0.1, -0.05) is 19.3 Å². The molecule has 2 aliphatic heterocycles. The predicted octanol–water partition coefficient (Wildman–Crippen LogP) is 2.64. The zero-order chi connectivity index (χ0) is 12.4. The van der Waals surface area contributed by atoms with Crippen LogP contribution in [0, 0.1) is 5.92 Å². The highest BCUT2D eigenvalue weighted by Gasteiger charge is 2.39. The average Bonchev–Trinajstić information content (AvgIpc) is 2.59. The van der Waals surface area contributed by atoms with Crippen molar-refractivity contribution in [2.45, 2.75) is 76.4 Å². The van der Waals surface area contributed by atoms with Gasteiger partial charge in [-0.05, 0) is 51.4 Å². The molecule has 0 radical (unpaired) electrons. The van der Waals surface area contributed by atoms with Crippen LogP contribution < -0.4 is 10.7 Å². The molecule has 0 amide bonds. The normalized spacial score (nSPS) is 40.2. The van der Waals surface area contributed by atoms with Gasteiger partial charge in [0.2, 0.25) is 0 Å². The largest absolute Gasteiger partial charge is 0.295 e. The van der Waals surface area contributed by atoms with Crippen LogP contribution in [0.5, 0.6) is 0 Å². The second-order valence-corrected chi connectivity index (χ2v) is 6.76.